The van der Waals surface area contributed by atoms with Crippen LogP contribution in [-0.2, 0) is 4.79 Å². The van der Waals surface area contributed by atoms with Crippen LogP contribution in [0.1, 0.15) is 11.6 Å². The Morgan fingerprint density at radius 2 is 1.86 bits per heavy atom. The summed E-state index contributed by atoms with van der Waals surface area (Å²) >= 11 is 0. The van der Waals surface area contributed by atoms with E-state index in [1.807, 2.05) is 62.6 Å². The monoisotopic (exact) mass is 379 g/mol. The summed E-state index contributed by atoms with van der Waals surface area (Å²) in [6, 6.07) is 15.6. The molecule has 7 heteroatoms. The van der Waals surface area contributed by atoms with Crippen molar-refractivity contribution in [2.45, 2.75) is 6.04 Å². The van der Waals surface area contributed by atoms with Crippen LogP contribution in [0.15, 0.2) is 54.9 Å². The van der Waals surface area contributed by atoms with Crippen molar-refractivity contribution in [1.82, 2.24) is 20.2 Å². The van der Waals surface area contributed by atoms with Gasteiger partial charge in [0.15, 0.2) is 0 Å². The molecule has 0 bridgehead atoms. The third kappa shape index (κ3) is 4.75. The molecule has 146 valence electrons. The molecule has 1 unspecified atom stereocenters. The topological polar surface area (TPSA) is 79.4 Å². The molecule has 0 spiro atoms. The van der Waals surface area contributed by atoms with Gasteiger partial charge in [-0.2, -0.15) is 0 Å². The lowest BCUT2D eigenvalue weighted by molar-refractivity contribution is -0.119. The van der Waals surface area contributed by atoms with Gasteiger partial charge in [0, 0.05) is 11.9 Å². The number of methoxy groups -OCH3 is 1. The molecule has 3 aromatic rings. The van der Waals surface area contributed by atoms with Crippen LogP contribution in [0.4, 0.5) is 5.82 Å². The molecular weight excluding hydrogens is 354 g/mol. The third-order valence-corrected chi connectivity index (χ3v) is 4.58. The van der Waals surface area contributed by atoms with E-state index in [1.165, 1.54) is 6.33 Å². The summed E-state index contributed by atoms with van der Waals surface area (Å²) in [6.07, 6.45) is 1.49. The number of hydrogen-bond donors (Lipinski definition) is 2. The molecule has 0 saturated carbocycles. The summed E-state index contributed by atoms with van der Waals surface area (Å²) in [4.78, 5) is 22.9. The number of likely N-dealkylation sites (N-methyl/N-ethyl adjacent to an activating group) is 1. The minimum absolute atomic E-state index is 0.0646. The largest absolute Gasteiger partial charge is 0.497 e. The maximum Gasteiger partial charge on any atom is 0.239 e. The molecule has 0 fully saturated rings. The normalized spacial score (nSPS) is 12.0. The van der Waals surface area contributed by atoms with Crippen molar-refractivity contribution in [2.75, 3.05) is 39.6 Å². The molecule has 0 aliphatic rings. The molecule has 1 aromatic heterocycles. The highest BCUT2D eigenvalue weighted by molar-refractivity contribution is 5.90. The van der Waals surface area contributed by atoms with Crippen LogP contribution in [0.5, 0.6) is 5.75 Å². The second-order valence-electron chi connectivity index (χ2n) is 6.65. The van der Waals surface area contributed by atoms with Gasteiger partial charge < -0.3 is 20.3 Å². The number of hydrogen-bond acceptors (Lipinski definition) is 6. The van der Waals surface area contributed by atoms with Crippen molar-refractivity contribution in [3.8, 4) is 5.75 Å². The first-order valence-corrected chi connectivity index (χ1v) is 9.09. The van der Waals surface area contributed by atoms with E-state index >= 15 is 0 Å². The fourth-order valence-corrected chi connectivity index (χ4v) is 3.01. The van der Waals surface area contributed by atoms with Crippen LogP contribution in [0, 0.1) is 0 Å². The number of amides is 1. The molecule has 1 heterocycles. The summed E-state index contributed by atoms with van der Waals surface area (Å²) in [5, 5.41) is 6.98. The Morgan fingerprint density at radius 3 is 2.57 bits per heavy atom. The van der Waals surface area contributed by atoms with E-state index < -0.39 is 0 Å². The molecule has 0 radical (unpaired) electrons. The average molecular weight is 379 g/mol. The SMILES string of the molecule is COc1ccc(C(CNC(=O)CNc2ncnc3ccccc23)N(C)C)cc1. The van der Waals surface area contributed by atoms with Crippen LogP contribution in [0.25, 0.3) is 10.9 Å². The lowest BCUT2D eigenvalue weighted by Crippen LogP contribution is -2.37. The summed E-state index contributed by atoms with van der Waals surface area (Å²) < 4.78 is 5.21. The van der Waals surface area contributed by atoms with Crippen LogP contribution in [0.3, 0.4) is 0 Å². The lowest BCUT2D eigenvalue weighted by Gasteiger charge is -2.25. The summed E-state index contributed by atoms with van der Waals surface area (Å²) in [5.41, 5.74) is 1.95. The summed E-state index contributed by atoms with van der Waals surface area (Å²) in [6.45, 7) is 0.647. The highest BCUT2D eigenvalue weighted by atomic mass is 16.5. The fraction of sp³-hybridized carbons (Fsp3) is 0.286. The first-order chi connectivity index (χ1) is 13.6. The summed E-state index contributed by atoms with van der Waals surface area (Å²) in [5.74, 6) is 1.37. The maximum atomic E-state index is 12.4. The summed E-state index contributed by atoms with van der Waals surface area (Å²) in [7, 11) is 5.63. The zero-order chi connectivity index (χ0) is 19.9. The lowest BCUT2D eigenvalue weighted by atomic mass is 10.1. The highest BCUT2D eigenvalue weighted by Crippen LogP contribution is 2.21. The Morgan fingerprint density at radius 1 is 1.11 bits per heavy atom. The van der Waals surface area contributed by atoms with Crippen molar-refractivity contribution >= 4 is 22.6 Å². The van der Waals surface area contributed by atoms with E-state index in [-0.39, 0.29) is 18.5 Å². The van der Waals surface area contributed by atoms with Crippen LogP contribution in [0.2, 0.25) is 0 Å². The molecule has 3 rings (SSSR count). The fourth-order valence-electron chi connectivity index (χ4n) is 3.01. The average Bonchev–Trinajstić information content (AvgIpc) is 2.72. The van der Waals surface area contributed by atoms with Gasteiger partial charge in [-0.25, -0.2) is 9.97 Å². The number of benzene rings is 2. The Kier molecular flexibility index (Phi) is 6.39. The minimum atomic E-state index is -0.0944. The van der Waals surface area contributed by atoms with Crippen molar-refractivity contribution < 1.29 is 9.53 Å². The Hall–Kier alpha value is -3.19. The second-order valence-corrected chi connectivity index (χ2v) is 6.65. The van der Waals surface area contributed by atoms with Crippen LogP contribution < -0.4 is 15.4 Å². The van der Waals surface area contributed by atoms with E-state index in [0.717, 1.165) is 22.2 Å². The van der Waals surface area contributed by atoms with Crippen LogP contribution >= 0.6 is 0 Å². The Labute approximate surface area is 164 Å². The molecule has 0 aliphatic carbocycles. The van der Waals surface area contributed by atoms with Gasteiger partial charge in [0.1, 0.15) is 17.9 Å². The molecule has 28 heavy (non-hydrogen) atoms. The van der Waals surface area contributed by atoms with E-state index in [1.54, 1.807) is 7.11 Å². The van der Waals surface area contributed by atoms with E-state index in [4.69, 9.17) is 4.74 Å². The van der Waals surface area contributed by atoms with Crippen molar-refractivity contribution in [2.24, 2.45) is 0 Å². The van der Waals surface area contributed by atoms with Gasteiger partial charge >= 0.3 is 0 Å². The molecular formula is C21H25N5O2. The number of para-hydroxylation sites is 1. The number of nitrogens with one attached hydrogen (secondary N) is 2. The number of anilines is 1. The highest BCUT2D eigenvalue weighted by Gasteiger charge is 2.15. The van der Waals surface area contributed by atoms with Crippen molar-refractivity contribution in [1.29, 1.82) is 0 Å². The van der Waals surface area contributed by atoms with Crippen LogP contribution in [-0.4, -0.2) is 55.1 Å². The van der Waals surface area contributed by atoms with Crippen molar-refractivity contribution in [3.05, 3.63) is 60.4 Å². The van der Waals surface area contributed by atoms with Gasteiger partial charge in [0.2, 0.25) is 5.91 Å². The number of rotatable bonds is 8. The number of ether oxygens (including phenoxy) is 1. The van der Waals surface area contributed by atoms with Gasteiger partial charge in [0.25, 0.3) is 0 Å². The van der Waals surface area contributed by atoms with E-state index in [9.17, 15) is 4.79 Å². The third-order valence-electron chi connectivity index (χ3n) is 4.58. The standard InChI is InChI=1S/C21H25N5O2/c1-26(2)19(15-8-10-16(28-3)11-9-15)12-22-20(27)13-23-21-17-6-4-5-7-18(17)24-14-25-21/h4-11,14,19H,12-13H2,1-3H3,(H,22,27)(H,23,24,25). The van der Waals surface area contributed by atoms with Gasteiger partial charge in [-0.3, -0.25) is 4.79 Å². The number of carbonyl (C=O) groups excluding carboxylic acids is 1. The number of fused-ring (bicyclic) bond motifs is 1. The smallest absolute Gasteiger partial charge is 0.239 e. The molecule has 0 aliphatic heterocycles. The van der Waals surface area contributed by atoms with E-state index in [0.29, 0.717) is 12.4 Å². The number of carbonyl (C=O) groups is 1. The second kappa shape index (κ2) is 9.14. The molecule has 1 amide bonds. The molecule has 2 aromatic carbocycles. The van der Waals surface area contributed by atoms with Gasteiger partial charge in [-0.15, -0.1) is 0 Å². The first-order valence-electron chi connectivity index (χ1n) is 9.09. The van der Waals surface area contributed by atoms with Crippen molar-refractivity contribution in [3.63, 3.8) is 0 Å². The van der Waals surface area contributed by atoms with E-state index in [2.05, 4.69) is 25.5 Å². The minimum Gasteiger partial charge on any atom is -0.497 e. The first kappa shape index (κ1) is 19.6. The predicted octanol–water partition coefficient (Wildman–Crippen LogP) is 2.47. The molecule has 0 saturated heterocycles. The molecule has 1 atom stereocenters. The maximum absolute atomic E-state index is 12.4. The zero-order valence-corrected chi connectivity index (χ0v) is 16.3. The molecule has 7 nitrogen and oxygen atoms in total. The number of nitrogens with zero attached hydrogens (tertiary/aromatic N) is 3. The number of aromatic nitrogens is 2. The Bertz CT molecular complexity index is 922. The zero-order valence-electron chi connectivity index (χ0n) is 16.3. The molecule has 2 N–H and O–H groups in total. The van der Waals surface area contributed by atoms with Gasteiger partial charge in [-0.05, 0) is 43.9 Å². The Balaban J connectivity index is 1.58. The quantitative estimate of drug-likeness (QED) is 0.626. The van der Waals surface area contributed by atoms with Gasteiger partial charge in [0.05, 0.1) is 25.2 Å². The predicted molar refractivity (Wildman–Crippen MR) is 110 cm³/mol. The van der Waals surface area contributed by atoms with Gasteiger partial charge in [-0.1, -0.05) is 24.3 Å².